The second kappa shape index (κ2) is 8.33. The summed E-state index contributed by atoms with van der Waals surface area (Å²) >= 11 is 5.44. The molecule has 0 saturated heterocycles. The summed E-state index contributed by atoms with van der Waals surface area (Å²) in [4.78, 5) is 11.0. The quantitative estimate of drug-likeness (QED) is 0.315. The van der Waals surface area contributed by atoms with E-state index in [1.54, 1.807) is 0 Å². The van der Waals surface area contributed by atoms with Crippen molar-refractivity contribution in [3.63, 3.8) is 0 Å². The number of hydrogen-bond acceptors (Lipinski definition) is 2. The molecule has 0 aromatic carbocycles. The molecule has 0 aromatic rings. The van der Waals surface area contributed by atoms with Gasteiger partial charge < -0.3 is 21.6 Å². The molecule has 0 radical (unpaired) electrons. The average Bonchev–Trinajstić information content (AvgIpc) is 1.98. The second-order valence-electron chi connectivity index (χ2n) is 4.03. The minimum absolute atomic E-state index is 0. The summed E-state index contributed by atoms with van der Waals surface area (Å²) in [5.41, 5.74) is 0. The Morgan fingerprint density at radius 3 is 2.36 bits per heavy atom. The smallest absolute Gasteiger partial charge is 0.306 e. The Bertz CT molecular complexity index is 157. The molecule has 86 valence electrons. The molecule has 14 heavy (non-hydrogen) atoms. The molecule has 0 bridgehead atoms. The van der Waals surface area contributed by atoms with Crippen molar-refractivity contribution in [3.8, 4) is 0 Å². The van der Waals surface area contributed by atoms with Crippen LogP contribution in [0.15, 0.2) is 0 Å². The predicted molar refractivity (Wildman–Crippen MR) is 53.8 cm³/mol. The van der Waals surface area contributed by atoms with Crippen LogP contribution >= 0.6 is 11.6 Å². The minimum Gasteiger partial charge on any atom is -1.00 e. The third-order valence-electron chi connectivity index (χ3n) is 1.54. The monoisotopic (exact) mass is 243 g/mol. The molecule has 0 aromatic heterocycles. The first-order valence-electron chi connectivity index (χ1n) is 4.48. The SMILES string of the molecule is C[N+](C)(C)CCOC(=O)CCCCl.[Cl-]. The van der Waals surface area contributed by atoms with Crippen LogP contribution in [0, 0.1) is 0 Å². The Hall–Kier alpha value is 0.01000. The molecule has 0 aliphatic rings. The summed E-state index contributed by atoms with van der Waals surface area (Å²) in [6, 6.07) is 0. The molecule has 0 saturated carbocycles. The average molecular weight is 244 g/mol. The highest BCUT2D eigenvalue weighted by molar-refractivity contribution is 6.17. The molecular weight excluding hydrogens is 225 g/mol. The van der Waals surface area contributed by atoms with E-state index in [0.29, 0.717) is 25.3 Å². The molecular formula is C9H19Cl2NO2. The lowest BCUT2D eigenvalue weighted by atomic mass is 10.3. The van der Waals surface area contributed by atoms with Crippen LogP contribution in [0.25, 0.3) is 0 Å². The van der Waals surface area contributed by atoms with E-state index in [4.69, 9.17) is 16.3 Å². The predicted octanol–water partition coefficient (Wildman–Crippen LogP) is -1.74. The number of rotatable bonds is 6. The van der Waals surface area contributed by atoms with Crippen molar-refractivity contribution >= 4 is 17.6 Å². The van der Waals surface area contributed by atoms with Crippen LogP contribution in [0.3, 0.4) is 0 Å². The molecule has 0 aliphatic carbocycles. The van der Waals surface area contributed by atoms with Crippen LogP contribution in [0.4, 0.5) is 0 Å². The minimum atomic E-state index is -0.144. The van der Waals surface area contributed by atoms with Gasteiger partial charge in [-0.3, -0.25) is 4.79 Å². The number of alkyl halides is 1. The molecule has 0 aliphatic heterocycles. The fourth-order valence-electron chi connectivity index (χ4n) is 0.717. The zero-order valence-electron chi connectivity index (χ0n) is 9.06. The van der Waals surface area contributed by atoms with E-state index < -0.39 is 0 Å². The topological polar surface area (TPSA) is 26.3 Å². The van der Waals surface area contributed by atoms with E-state index in [2.05, 4.69) is 21.1 Å². The van der Waals surface area contributed by atoms with Gasteiger partial charge in [-0.15, -0.1) is 11.6 Å². The summed E-state index contributed by atoms with van der Waals surface area (Å²) in [5, 5.41) is 0. The molecule has 5 heteroatoms. The van der Waals surface area contributed by atoms with Crippen LogP contribution in [-0.2, 0) is 9.53 Å². The first-order chi connectivity index (χ1) is 5.95. The number of nitrogens with zero attached hydrogens (tertiary/aromatic N) is 1. The normalized spacial score (nSPS) is 10.6. The van der Waals surface area contributed by atoms with Gasteiger partial charge in [-0.1, -0.05) is 0 Å². The zero-order chi connectivity index (χ0) is 10.3. The van der Waals surface area contributed by atoms with Crippen molar-refractivity contribution in [1.29, 1.82) is 0 Å². The molecule has 0 N–H and O–H groups in total. The zero-order valence-corrected chi connectivity index (χ0v) is 10.6. The summed E-state index contributed by atoms with van der Waals surface area (Å²) in [7, 11) is 6.19. The van der Waals surface area contributed by atoms with Gasteiger partial charge in [-0.2, -0.15) is 0 Å². The first kappa shape index (κ1) is 16.4. The summed E-state index contributed by atoms with van der Waals surface area (Å²) in [6.07, 6.45) is 1.13. The largest absolute Gasteiger partial charge is 1.00 e. The standard InChI is InChI=1S/C9H19ClNO2.ClH/c1-11(2,3)7-8-13-9(12)5-4-6-10;/h4-8H2,1-3H3;1H/q+1;/p-1. The molecule has 3 nitrogen and oxygen atoms in total. The number of carbonyl (C=O) groups excluding carboxylic acids is 1. The summed E-state index contributed by atoms with van der Waals surface area (Å²) < 4.78 is 5.82. The van der Waals surface area contributed by atoms with Crippen LogP contribution in [0.2, 0.25) is 0 Å². The second-order valence-corrected chi connectivity index (χ2v) is 4.40. The lowest BCUT2D eigenvalue weighted by molar-refractivity contribution is -0.870. The van der Waals surface area contributed by atoms with E-state index in [9.17, 15) is 4.79 Å². The molecule has 0 spiro atoms. The fourth-order valence-corrected chi connectivity index (χ4v) is 0.850. The van der Waals surface area contributed by atoms with Gasteiger partial charge in [0.25, 0.3) is 0 Å². The highest BCUT2D eigenvalue weighted by atomic mass is 35.5. The van der Waals surface area contributed by atoms with E-state index in [1.807, 2.05) is 0 Å². The van der Waals surface area contributed by atoms with Crippen molar-refractivity contribution in [2.45, 2.75) is 12.8 Å². The lowest BCUT2D eigenvalue weighted by Gasteiger charge is -2.23. The van der Waals surface area contributed by atoms with E-state index >= 15 is 0 Å². The van der Waals surface area contributed by atoms with Crippen LogP contribution in [0.5, 0.6) is 0 Å². The Labute approximate surface area is 97.4 Å². The van der Waals surface area contributed by atoms with Crippen LogP contribution < -0.4 is 12.4 Å². The summed E-state index contributed by atoms with van der Waals surface area (Å²) in [6.45, 7) is 1.33. The van der Waals surface area contributed by atoms with Crippen LogP contribution in [-0.4, -0.2) is 50.6 Å². The molecule has 0 unspecified atom stereocenters. The van der Waals surface area contributed by atoms with Gasteiger partial charge >= 0.3 is 5.97 Å². The van der Waals surface area contributed by atoms with Gasteiger partial charge in [-0.05, 0) is 6.42 Å². The molecule has 0 heterocycles. The maximum atomic E-state index is 11.0. The van der Waals surface area contributed by atoms with E-state index in [1.165, 1.54) is 0 Å². The highest BCUT2D eigenvalue weighted by Gasteiger charge is 2.08. The number of esters is 1. The first-order valence-corrected chi connectivity index (χ1v) is 5.01. The van der Waals surface area contributed by atoms with Crippen molar-refractivity contribution in [1.82, 2.24) is 0 Å². The number of ether oxygens (including phenoxy) is 1. The lowest BCUT2D eigenvalue weighted by Crippen LogP contribution is -3.00. The van der Waals surface area contributed by atoms with Crippen molar-refractivity contribution in [3.05, 3.63) is 0 Å². The molecule has 0 atom stereocenters. The van der Waals surface area contributed by atoms with Crippen LogP contribution in [0.1, 0.15) is 12.8 Å². The molecule has 0 amide bonds. The number of halogens is 2. The van der Waals surface area contributed by atoms with Crippen molar-refractivity contribution < 1.29 is 26.4 Å². The number of hydrogen-bond donors (Lipinski definition) is 0. The fraction of sp³-hybridized carbons (Fsp3) is 0.889. The Kier molecular flexibility index (Phi) is 9.78. The maximum Gasteiger partial charge on any atom is 0.306 e. The van der Waals surface area contributed by atoms with E-state index in [-0.39, 0.29) is 18.4 Å². The third-order valence-corrected chi connectivity index (χ3v) is 1.81. The Morgan fingerprint density at radius 2 is 1.93 bits per heavy atom. The van der Waals surface area contributed by atoms with Gasteiger partial charge in [-0.25, -0.2) is 0 Å². The van der Waals surface area contributed by atoms with Gasteiger partial charge in [0.2, 0.25) is 0 Å². The number of carbonyl (C=O) groups is 1. The van der Waals surface area contributed by atoms with Gasteiger partial charge in [0.05, 0.1) is 21.1 Å². The maximum absolute atomic E-state index is 11.0. The summed E-state index contributed by atoms with van der Waals surface area (Å²) in [5.74, 6) is 0.374. The molecule has 0 fully saturated rings. The highest BCUT2D eigenvalue weighted by Crippen LogP contribution is 1.96. The van der Waals surface area contributed by atoms with Crippen molar-refractivity contribution in [2.24, 2.45) is 0 Å². The van der Waals surface area contributed by atoms with Crippen molar-refractivity contribution in [2.75, 3.05) is 40.2 Å². The number of likely N-dealkylation sites (N-methyl/N-ethyl adjacent to an activating group) is 1. The molecule has 0 rings (SSSR count). The number of quaternary nitrogens is 1. The van der Waals surface area contributed by atoms with Gasteiger partial charge in [0.1, 0.15) is 13.2 Å². The Balaban J connectivity index is 0. The van der Waals surface area contributed by atoms with Gasteiger partial charge in [0, 0.05) is 12.3 Å². The Morgan fingerprint density at radius 1 is 1.36 bits per heavy atom. The van der Waals surface area contributed by atoms with Gasteiger partial charge in [0.15, 0.2) is 0 Å². The third kappa shape index (κ3) is 12.0. The van der Waals surface area contributed by atoms with E-state index in [0.717, 1.165) is 11.0 Å².